The van der Waals surface area contributed by atoms with Gasteiger partial charge in [0.15, 0.2) is 0 Å². The first-order chi connectivity index (χ1) is 12.4. The molecule has 0 spiro atoms. The van der Waals surface area contributed by atoms with Crippen molar-refractivity contribution < 1.29 is 22.7 Å². The smallest absolute Gasteiger partial charge is 0.375 e. The lowest BCUT2D eigenvalue weighted by molar-refractivity contribution is -0.137. The van der Waals surface area contributed by atoms with E-state index < -0.39 is 11.7 Å². The predicted molar refractivity (Wildman–Crippen MR) is 91.5 cm³/mol. The van der Waals surface area contributed by atoms with Gasteiger partial charge in [-0.05, 0) is 35.6 Å². The van der Waals surface area contributed by atoms with Crippen molar-refractivity contribution in [3.8, 4) is 0 Å². The van der Waals surface area contributed by atoms with Gasteiger partial charge in [-0.25, -0.2) is 0 Å². The Morgan fingerprint density at radius 1 is 1.15 bits per heavy atom. The van der Waals surface area contributed by atoms with Gasteiger partial charge >= 0.3 is 6.18 Å². The monoisotopic (exact) mass is 363 g/mol. The molecule has 0 radical (unpaired) electrons. The molecule has 3 unspecified atom stereocenters. The van der Waals surface area contributed by atoms with Gasteiger partial charge < -0.3 is 10.1 Å². The molecule has 0 aliphatic heterocycles. The van der Waals surface area contributed by atoms with Crippen LogP contribution in [0.4, 0.5) is 13.2 Å². The van der Waals surface area contributed by atoms with Crippen LogP contribution < -0.4 is 5.32 Å². The zero-order chi connectivity index (χ0) is 18.7. The van der Waals surface area contributed by atoms with Crippen molar-refractivity contribution in [2.24, 2.45) is 5.92 Å². The molecule has 1 fully saturated rings. The van der Waals surface area contributed by atoms with Gasteiger partial charge in [-0.3, -0.25) is 4.79 Å². The van der Waals surface area contributed by atoms with Crippen molar-refractivity contribution in [2.45, 2.75) is 24.6 Å². The molecule has 0 heterocycles. The summed E-state index contributed by atoms with van der Waals surface area (Å²) in [5, 5.41) is 2.89. The van der Waals surface area contributed by atoms with E-state index in [0.717, 1.165) is 23.3 Å². The van der Waals surface area contributed by atoms with Gasteiger partial charge in [-0.2, -0.15) is 13.2 Å². The van der Waals surface area contributed by atoms with Crippen molar-refractivity contribution in [3.63, 3.8) is 0 Å². The normalized spacial score (nSPS) is 20.5. The summed E-state index contributed by atoms with van der Waals surface area (Å²) < 4.78 is 43.3. The fourth-order valence-electron chi connectivity index (χ4n) is 3.10. The van der Waals surface area contributed by atoms with Gasteiger partial charge in [0, 0.05) is 19.6 Å². The number of hydrogen-bond acceptors (Lipinski definition) is 2. The summed E-state index contributed by atoms with van der Waals surface area (Å²) in [5.41, 5.74) is 1.07. The predicted octanol–water partition coefficient (Wildman–Crippen LogP) is 4.31. The van der Waals surface area contributed by atoms with E-state index >= 15 is 0 Å². The van der Waals surface area contributed by atoms with Gasteiger partial charge in [-0.15, -0.1) is 0 Å². The summed E-state index contributed by atoms with van der Waals surface area (Å²) in [5.74, 6) is -0.303. The highest BCUT2D eigenvalue weighted by Crippen LogP contribution is 2.48. The van der Waals surface area contributed by atoms with Crippen molar-refractivity contribution in [1.29, 1.82) is 0 Å². The van der Waals surface area contributed by atoms with Crippen LogP contribution in [0.15, 0.2) is 54.6 Å². The third-order valence-electron chi connectivity index (χ3n) is 4.71. The molecular formula is C20H20F3NO2. The number of carbonyl (C=O) groups excluding carboxylic acids is 1. The van der Waals surface area contributed by atoms with E-state index in [9.17, 15) is 18.0 Å². The Morgan fingerprint density at radius 3 is 2.38 bits per heavy atom. The minimum absolute atomic E-state index is 0.0185. The maximum Gasteiger partial charge on any atom is 0.416 e. The van der Waals surface area contributed by atoms with E-state index in [4.69, 9.17) is 4.74 Å². The fourth-order valence-corrected chi connectivity index (χ4v) is 3.10. The Kier molecular flexibility index (Phi) is 5.32. The number of alkyl halides is 3. The summed E-state index contributed by atoms with van der Waals surface area (Å²) in [4.78, 5) is 12.3. The van der Waals surface area contributed by atoms with Crippen LogP contribution in [0.25, 0.3) is 0 Å². The number of amides is 1. The number of hydrogen-bond donors (Lipinski definition) is 1. The van der Waals surface area contributed by atoms with Crippen LogP contribution in [0, 0.1) is 5.92 Å². The molecule has 3 rings (SSSR count). The molecule has 0 bridgehead atoms. The molecule has 3 atom stereocenters. The molecule has 6 heteroatoms. The molecule has 1 aliphatic rings. The van der Waals surface area contributed by atoms with Gasteiger partial charge in [-0.1, -0.05) is 42.5 Å². The topological polar surface area (TPSA) is 38.3 Å². The second-order valence-corrected chi connectivity index (χ2v) is 6.45. The quantitative estimate of drug-likeness (QED) is 0.830. The summed E-state index contributed by atoms with van der Waals surface area (Å²) in [7, 11) is 1.59. The van der Waals surface area contributed by atoms with Crippen molar-refractivity contribution in [1.82, 2.24) is 5.32 Å². The Hall–Kier alpha value is -2.34. The first kappa shape index (κ1) is 18.5. The van der Waals surface area contributed by atoms with Crippen molar-refractivity contribution in [3.05, 3.63) is 71.3 Å². The van der Waals surface area contributed by atoms with E-state index in [0.29, 0.717) is 13.0 Å². The number of carbonyl (C=O) groups is 1. The fraction of sp³-hybridized carbons (Fsp3) is 0.350. The van der Waals surface area contributed by atoms with Crippen LogP contribution in [0.3, 0.4) is 0 Å². The third kappa shape index (κ3) is 4.25. The molecule has 0 aromatic heterocycles. The maximum atomic E-state index is 12.6. The van der Waals surface area contributed by atoms with Gasteiger partial charge in [0.1, 0.15) is 0 Å². The molecule has 3 nitrogen and oxygen atoms in total. The standard InChI is InChI=1S/C20H20F3NO2/c1-26-18(14-5-3-2-4-6-14)12-24-19(25)17-11-16(17)13-7-9-15(10-8-13)20(21,22)23/h2-10,16-18H,11-12H2,1H3,(H,24,25). The number of benzene rings is 2. The lowest BCUT2D eigenvalue weighted by Gasteiger charge is -2.16. The zero-order valence-corrected chi connectivity index (χ0v) is 14.3. The van der Waals surface area contributed by atoms with E-state index in [-0.39, 0.29) is 23.8 Å². The molecule has 26 heavy (non-hydrogen) atoms. The maximum absolute atomic E-state index is 12.6. The summed E-state index contributed by atoms with van der Waals surface area (Å²) in [6, 6.07) is 14.7. The number of halogens is 3. The molecular weight excluding hydrogens is 343 g/mol. The number of methoxy groups -OCH3 is 1. The highest BCUT2D eigenvalue weighted by atomic mass is 19.4. The van der Waals surface area contributed by atoms with Crippen LogP contribution in [0.2, 0.25) is 0 Å². The molecule has 1 N–H and O–H groups in total. The minimum Gasteiger partial charge on any atom is -0.375 e. The second kappa shape index (κ2) is 7.50. The van der Waals surface area contributed by atoms with Gasteiger partial charge in [0.05, 0.1) is 11.7 Å². The molecule has 1 amide bonds. The summed E-state index contributed by atoms with van der Waals surface area (Å²) in [6.45, 7) is 0.357. The van der Waals surface area contributed by atoms with Crippen molar-refractivity contribution >= 4 is 5.91 Å². The number of nitrogens with one attached hydrogen (secondary N) is 1. The molecule has 0 saturated heterocycles. The highest BCUT2D eigenvalue weighted by molar-refractivity contribution is 5.82. The first-order valence-corrected chi connectivity index (χ1v) is 8.42. The van der Waals surface area contributed by atoms with E-state index in [1.807, 2.05) is 30.3 Å². The van der Waals surface area contributed by atoms with Crippen LogP contribution in [-0.4, -0.2) is 19.6 Å². The van der Waals surface area contributed by atoms with Crippen molar-refractivity contribution in [2.75, 3.05) is 13.7 Å². The number of ether oxygens (including phenoxy) is 1. The van der Waals surface area contributed by atoms with E-state index in [2.05, 4.69) is 5.32 Å². The Labute approximate surface area is 150 Å². The van der Waals surface area contributed by atoms with E-state index in [1.54, 1.807) is 7.11 Å². The Bertz CT molecular complexity index is 744. The first-order valence-electron chi connectivity index (χ1n) is 8.42. The Morgan fingerprint density at radius 2 is 1.81 bits per heavy atom. The van der Waals surface area contributed by atoms with Gasteiger partial charge in [0.2, 0.25) is 5.91 Å². The Balaban J connectivity index is 1.54. The lowest BCUT2D eigenvalue weighted by atomic mass is 10.1. The van der Waals surface area contributed by atoms with Gasteiger partial charge in [0.25, 0.3) is 0 Å². The van der Waals surface area contributed by atoms with Crippen LogP contribution in [0.5, 0.6) is 0 Å². The average Bonchev–Trinajstić information content (AvgIpc) is 3.43. The van der Waals surface area contributed by atoms with E-state index in [1.165, 1.54) is 12.1 Å². The minimum atomic E-state index is -4.34. The molecule has 2 aromatic rings. The third-order valence-corrected chi connectivity index (χ3v) is 4.71. The van der Waals surface area contributed by atoms with Crippen LogP contribution in [-0.2, 0) is 15.7 Å². The van der Waals surface area contributed by atoms with Crippen LogP contribution in [0.1, 0.15) is 35.1 Å². The largest absolute Gasteiger partial charge is 0.416 e. The number of rotatable bonds is 6. The molecule has 2 aromatic carbocycles. The summed E-state index contributed by atoms with van der Waals surface area (Å²) >= 11 is 0. The average molecular weight is 363 g/mol. The second-order valence-electron chi connectivity index (χ2n) is 6.45. The molecule has 138 valence electrons. The lowest BCUT2D eigenvalue weighted by Crippen LogP contribution is -2.30. The van der Waals surface area contributed by atoms with Crippen LogP contribution >= 0.6 is 0 Å². The highest BCUT2D eigenvalue weighted by Gasteiger charge is 2.44. The SMILES string of the molecule is COC(CNC(=O)C1CC1c1ccc(C(F)(F)F)cc1)c1ccccc1. The molecule has 1 aliphatic carbocycles. The zero-order valence-electron chi connectivity index (χ0n) is 14.3. The molecule has 1 saturated carbocycles. The summed E-state index contributed by atoms with van der Waals surface area (Å²) in [6.07, 6.45) is -3.92.